The van der Waals surface area contributed by atoms with E-state index in [0.717, 1.165) is 21.4 Å². The molecule has 5 heteroatoms. The predicted molar refractivity (Wildman–Crippen MR) is 86.7 cm³/mol. The van der Waals surface area contributed by atoms with Gasteiger partial charge in [0, 0.05) is 5.56 Å². The molecule has 0 saturated carbocycles. The van der Waals surface area contributed by atoms with E-state index in [2.05, 4.69) is 21.0 Å². The quantitative estimate of drug-likeness (QED) is 0.575. The van der Waals surface area contributed by atoms with Crippen LogP contribution in [0, 0.1) is 0 Å². The minimum absolute atomic E-state index is 0.509. The van der Waals surface area contributed by atoms with Gasteiger partial charge in [0.05, 0.1) is 32.1 Å². The van der Waals surface area contributed by atoms with Crippen LogP contribution >= 0.6 is 39.1 Å². The van der Waals surface area contributed by atoms with Gasteiger partial charge in [0.2, 0.25) is 0 Å². The molecule has 0 radical (unpaired) electrons. The van der Waals surface area contributed by atoms with Gasteiger partial charge in [-0.05, 0) is 34.1 Å². The molecule has 0 atom stereocenters. The molecule has 0 bridgehead atoms. The molecule has 2 nitrogen and oxygen atoms in total. The highest BCUT2D eigenvalue weighted by Crippen LogP contribution is 2.32. The molecular weight excluding hydrogens is 359 g/mol. The van der Waals surface area contributed by atoms with E-state index >= 15 is 0 Å². The second-order valence-corrected chi connectivity index (χ2v) is 5.89. The van der Waals surface area contributed by atoms with Crippen molar-refractivity contribution in [2.45, 2.75) is 0 Å². The van der Waals surface area contributed by atoms with Crippen LogP contribution in [0.15, 0.2) is 59.2 Å². The molecule has 0 saturated heterocycles. The van der Waals surface area contributed by atoms with Gasteiger partial charge >= 0.3 is 0 Å². The van der Waals surface area contributed by atoms with Crippen molar-refractivity contribution in [3.63, 3.8) is 0 Å². The highest BCUT2D eigenvalue weighted by atomic mass is 79.9. The molecule has 3 aromatic rings. The lowest BCUT2D eigenvalue weighted by Crippen LogP contribution is -1.99. The standard InChI is InChI=1S/C15H9BrCl2N2/c16-12-9-19-20(11-6-7-13(17)14(18)8-11)15(12)10-4-2-1-3-5-10/h1-9H. The molecule has 100 valence electrons. The van der Waals surface area contributed by atoms with Gasteiger partial charge in [-0.15, -0.1) is 0 Å². The number of rotatable bonds is 2. The fourth-order valence-electron chi connectivity index (χ4n) is 2.00. The lowest BCUT2D eigenvalue weighted by Gasteiger charge is -2.09. The Morgan fingerprint density at radius 3 is 2.40 bits per heavy atom. The van der Waals surface area contributed by atoms with Gasteiger partial charge in [-0.25, -0.2) is 4.68 Å². The summed E-state index contributed by atoms with van der Waals surface area (Å²) in [5.74, 6) is 0. The average molecular weight is 368 g/mol. The lowest BCUT2D eigenvalue weighted by molar-refractivity contribution is 0.888. The molecule has 0 N–H and O–H groups in total. The molecule has 1 heterocycles. The van der Waals surface area contributed by atoms with Crippen LogP contribution in [0.1, 0.15) is 0 Å². The summed E-state index contributed by atoms with van der Waals surface area (Å²) in [5, 5.41) is 5.44. The smallest absolute Gasteiger partial charge is 0.0883 e. The number of hydrogen-bond donors (Lipinski definition) is 0. The maximum Gasteiger partial charge on any atom is 0.0883 e. The van der Waals surface area contributed by atoms with Gasteiger partial charge in [0.15, 0.2) is 0 Å². The maximum absolute atomic E-state index is 6.08. The van der Waals surface area contributed by atoms with Gasteiger partial charge in [0.1, 0.15) is 0 Å². The van der Waals surface area contributed by atoms with Crippen LogP contribution in [0.4, 0.5) is 0 Å². The van der Waals surface area contributed by atoms with Crippen LogP contribution in [0.2, 0.25) is 10.0 Å². The number of halogens is 3. The Morgan fingerprint density at radius 1 is 0.950 bits per heavy atom. The Hall–Kier alpha value is -1.29. The maximum atomic E-state index is 6.08. The van der Waals surface area contributed by atoms with Crippen molar-refractivity contribution in [2.75, 3.05) is 0 Å². The van der Waals surface area contributed by atoms with Crippen LogP contribution in [0.5, 0.6) is 0 Å². The Morgan fingerprint density at radius 2 is 1.70 bits per heavy atom. The lowest BCUT2D eigenvalue weighted by atomic mass is 10.1. The summed E-state index contributed by atoms with van der Waals surface area (Å²) >= 11 is 15.6. The first-order valence-electron chi connectivity index (χ1n) is 5.91. The molecule has 0 aliphatic rings. The van der Waals surface area contributed by atoms with E-state index in [1.807, 2.05) is 41.1 Å². The van der Waals surface area contributed by atoms with Gasteiger partial charge in [-0.3, -0.25) is 0 Å². The SMILES string of the molecule is Clc1ccc(-n2ncc(Br)c2-c2ccccc2)cc1Cl. The Bertz CT molecular complexity index is 754. The molecule has 20 heavy (non-hydrogen) atoms. The zero-order valence-corrected chi connectivity index (χ0v) is 13.3. The van der Waals surface area contributed by atoms with E-state index in [9.17, 15) is 0 Å². The number of aromatic nitrogens is 2. The zero-order valence-electron chi connectivity index (χ0n) is 10.2. The Kier molecular flexibility index (Phi) is 3.83. The summed E-state index contributed by atoms with van der Waals surface area (Å²) in [7, 11) is 0. The van der Waals surface area contributed by atoms with Crippen LogP contribution in [0.3, 0.4) is 0 Å². The molecule has 0 amide bonds. The number of nitrogens with zero attached hydrogens (tertiary/aromatic N) is 2. The number of hydrogen-bond acceptors (Lipinski definition) is 1. The molecule has 3 rings (SSSR count). The van der Waals surface area contributed by atoms with E-state index in [4.69, 9.17) is 23.2 Å². The first-order valence-corrected chi connectivity index (χ1v) is 7.46. The normalized spacial score (nSPS) is 10.8. The third-order valence-electron chi connectivity index (χ3n) is 2.92. The molecule has 0 aliphatic heterocycles. The first-order chi connectivity index (χ1) is 9.66. The van der Waals surface area contributed by atoms with E-state index in [0.29, 0.717) is 10.0 Å². The van der Waals surface area contributed by atoms with Gasteiger partial charge < -0.3 is 0 Å². The van der Waals surface area contributed by atoms with Crippen LogP contribution in [0.25, 0.3) is 16.9 Å². The molecule has 0 fully saturated rings. The van der Waals surface area contributed by atoms with Crippen molar-refractivity contribution in [3.05, 3.63) is 69.2 Å². The summed E-state index contributed by atoms with van der Waals surface area (Å²) in [6, 6.07) is 15.5. The molecule has 2 aromatic carbocycles. The monoisotopic (exact) mass is 366 g/mol. The Balaban J connectivity index is 2.18. The zero-order chi connectivity index (χ0) is 14.1. The highest BCUT2D eigenvalue weighted by Gasteiger charge is 2.13. The topological polar surface area (TPSA) is 17.8 Å². The molecule has 0 aliphatic carbocycles. The largest absolute Gasteiger partial charge is 0.232 e. The van der Waals surface area contributed by atoms with E-state index in [-0.39, 0.29) is 0 Å². The van der Waals surface area contributed by atoms with Crippen molar-refractivity contribution >= 4 is 39.1 Å². The third kappa shape index (κ3) is 2.49. The van der Waals surface area contributed by atoms with Crippen molar-refractivity contribution in [3.8, 4) is 16.9 Å². The second-order valence-electron chi connectivity index (χ2n) is 4.22. The fraction of sp³-hybridized carbons (Fsp3) is 0. The Labute approximate surface area is 135 Å². The summed E-state index contributed by atoms with van der Waals surface area (Å²) < 4.78 is 2.76. The highest BCUT2D eigenvalue weighted by molar-refractivity contribution is 9.10. The van der Waals surface area contributed by atoms with Crippen LogP contribution < -0.4 is 0 Å². The van der Waals surface area contributed by atoms with Crippen LogP contribution in [-0.4, -0.2) is 9.78 Å². The second kappa shape index (κ2) is 5.60. The summed E-state index contributed by atoms with van der Waals surface area (Å²) in [6.45, 7) is 0. The van der Waals surface area contributed by atoms with Gasteiger partial charge in [0.25, 0.3) is 0 Å². The van der Waals surface area contributed by atoms with Crippen molar-refractivity contribution in [2.24, 2.45) is 0 Å². The average Bonchev–Trinajstić information content (AvgIpc) is 2.85. The van der Waals surface area contributed by atoms with Crippen molar-refractivity contribution < 1.29 is 0 Å². The number of benzene rings is 2. The summed E-state index contributed by atoms with van der Waals surface area (Å²) in [5.41, 5.74) is 2.91. The van der Waals surface area contributed by atoms with E-state index in [1.165, 1.54) is 0 Å². The molecular formula is C15H9BrCl2N2. The van der Waals surface area contributed by atoms with Gasteiger partial charge in [-0.1, -0.05) is 53.5 Å². The minimum Gasteiger partial charge on any atom is -0.232 e. The van der Waals surface area contributed by atoms with Crippen molar-refractivity contribution in [1.82, 2.24) is 9.78 Å². The summed E-state index contributed by atoms with van der Waals surface area (Å²) in [6.07, 6.45) is 1.77. The first kappa shape index (κ1) is 13.7. The summed E-state index contributed by atoms with van der Waals surface area (Å²) in [4.78, 5) is 0. The van der Waals surface area contributed by atoms with Crippen LogP contribution in [-0.2, 0) is 0 Å². The van der Waals surface area contributed by atoms with Gasteiger partial charge in [-0.2, -0.15) is 5.10 Å². The fourth-order valence-corrected chi connectivity index (χ4v) is 2.78. The molecule has 0 spiro atoms. The van der Waals surface area contributed by atoms with Crippen molar-refractivity contribution in [1.29, 1.82) is 0 Å². The molecule has 0 unspecified atom stereocenters. The van der Waals surface area contributed by atoms with E-state index < -0.39 is 0 Å². The predicted octanol–water partition coefficient (Wildman–Crippen LogP) is 5.61. The van der Waals surface area contributed by atoms with E-state index in [1.54, 1.807) is 18.3 Å². The molecule has 1 aromatic heterocycles. The minimum atomic E-state index is 0.509. The third-order valence-corrected chi connectivity index (χ3v) is 4.24.